The highest BCUT2D eigenvalue weighted by Crippen LogP contribution is 2.24. The number of fused-ring (bicyclic) bond motifs is 1. The molecule has 7 nitrogen and oxygen atoms in total. The molecule has 3 aromatic heterocycles. The third-order valence-electron chi connectivity index (χ3n) is 2.63. The minimum Gasteiger partial charge on any atom is -0.444 e. The van der Waals surface area contributed by atoms with Gasteiger partial charge in [-0.3, -0.25) is 5.32 Å². The molecule has 0 aliphatic carbocycles. The zero-order valence-electron chi connectivity index (χ0n) is 12.4. The van der Waals surface area contributed by atoms with Gasteiger partial charge in [0.15, 0.2) is 0 Å². The first kappa shape index (κ1) is 14.5. The fourth-order valence-corrected chi connectivity index (χ4v) is 2.59. The van der Waals surface area contributed by atoms with E-state index in [9.17, 15) is 4.79 Å². The quantitative estimate of drug-likeness (QED) is 0.785. The number of hydrogen-bond acceptors (Lipinski definition) is 6. The molecular weight excluding hydrogens is 302 g/mol. The molecule has 0 saturated carbocycles. The van der Waals surface area contributed by atoms with Gasteiger partial charge in [-0.1, -0.05) is 6.07 Å². The van der Waals surface area contributed by atoms with Gasteiger partial charge in [-0.2, -0.15) is 9.50 Å². The molecule has 114 valence electrons. The molecule has 0 fully saturated rings. The number of amides is 1. The maximum Gasteiger partial charge on any atom is 0.414 e. The Balaban J connectivity index is 1.91. The van der Waals surface area contributed by atoms with Crippen LogP contribution < -0.4 is 5.32 Å². The zero-order chi connectivity index (χ0) is 15.7. The van der Waals surface area contributed by atoms with Crippen LogP contribution in [-0.4, -0.2) is 31.3 Å². The summed E-state index contributed by atoms with van der Waals surface area (Å²) >= 11 is 1.59. The fraction of sp³-hybridized carbons (Fsp3) is 0.286. The largest absolute Gasteiger partial charge is 0.444 e. The summed E-state index contributed by atoms with van der Waals surface area (Å²) in [7, 11) is 0. The molecule has 3 rings (SSSR count). The average molecular weight is 317 g/mol. The maximum atomic E-state index is 11.8. The number of thiophene rings is 1. The molecule has 1 amide bonds. The number of aromatic nitrogens is 4. The van der Waals surface area contributed by atoms with E-state index in [-0.39, 0.29) is 5.95 Å². The number of hydrogen-bond donors (Lipinski definition) is 1. The number of nitrogens with zero attached hydrogens (tertiary/aromatic N) is 4. The van der Waals surface area contributed by atoms with Crippen LogP contribution >= 0.6 is 11.3 Å². The van der Waals surface area contributed by atoms with Gasteiger partial charge in [-0.25, -0.2) is 9.78 Å². The number of anilines is 1. The van der Waals surface area contributed by atoms with Gasteiger partial charge in [0, 0.05) is 6.20 Å². The van der Waals surface area contributed by atoms with E-state index in [4.69, 9.17) is 4.74 Å². The van der Waals surface area contributed by atoms with Crippen LogP contribution in [0, 0.1) is 0 Å². The summed E-state index contributed by atoms with van der Waals surface area (Å²) < 4.78 is 6.78. The van der Waals surface area contributed by atoms with Crippen LogP contribution in [0.25, 0.3) is 16.3 Å². The number of nitrogens with one attached hydrogen (secondary N) is 1. The van der Waals surface area contributed by atoms with Crippen molar-refractivity contribution in [3.63, 3.8) is 0 Å². The second-order valence-corrected chi connectivity index (χ2v) is 6.53. The highest BCUT2D eigenvalue weighted by atomic mass is 32.1. The number of carbonyl (C=O) groups excluding carboxylic acids is 1. The summed E-state index contributed by atoms with van der Waals surface area (Å²) in [6.07, 6.45) is 1.07. The number of ether oxygens (including phenoxy) is 1. The van der Waals surface area contributed by atoms with Crippen molar-refractivity contribution in [1.29, 1.82) is 0 Å². The third kappa shape index (κ3) is 3.06. The van der Waals surface area contributed by atoms with Crippen molar-refractivity contribution in [2.45, 2.75) is 26.4 Å². The summed E-state index contributed by atoms with van der Waals surface area (Å²) in [6, 6.07) is 5.80. The third-order valence-corrected chi connectivity index (χ3v) is 3.52. The Bertz CT molecular complexity index is 804. The van der Waals surface area contributed by atoms with Crippen LogP contribution in [0.3, 0.4) is 0 Å². The monoisotopic (exact) mass is 317 g/mol. The molecule has 0 aliphatic heterocycles. The van der Waals surface area contributed by atoms with Crippen molar-refractivity contribution in [3.8, 4) is 10.6 Å². The Labute approximate surface area is 131 Å². The molecule has 0 bridgehead atoms. The van der Waals surface area contributed by atoms with Gasteiger partial charge in [-0.15, -0.1) is 16.4 Å². The van der Waals surface area contributed by atoms with Gasteiger partial charge < -0.3 is 4.74 Å². The molecule has 0 saturated heterocycles. The lowest BCUT2D eigenvalue weighted by molar-refractivity contribution is 0.0634. The summed E-state index contributed by atoms with van der Waals surface area (Å²) in [5.74, 6) is 0.572. The predicted molar refractivity (Wildman–Crippen MR) is 84.0 cm³/mol. The summed E-state index contributed by atoms with van der Waals surface area (Å²) in [5.41, 5.74) is 0.286. The van der Waals surface area contributed by atoms with Crippen LogP contribution in [0.2, 0.25) is 0 Å². The van der Waals surface area contributed by atoms with Crippen LogP contribution in [0.4, 0.5) is 10.7 Å². The van der Waals surface area contributed by atoms with E-state index in [1.807, 2.05) is 23.6 Å². The van der Waals surface area contributed by atoms with Crippen LogP contribution in [0.15, 0.2) is 29.8 Å². The Morgan fingerprint density at radius 1 is 1.36 bits per heavy atom. The molecule has 0 aliphatic rings. The molecule has 3 aromatic rings. The van der Waals surface area contributed by atoms with Crippen molar-refractivity contribution < 1.29 is 9.53 Å². The van der Waals surface area contributed by atoms with E-state index < -0.39 is 11.7 Å². The highest BCUT2D eigenvalue weighted by Gasteiger charge is 2.18. The first-order chi connectivity index (χ1) is 10.4. The first-order valence-electron chi connectivity index (χ1n) is 6.68. The maximum absolute atomic E-state index is 11.8. The van der Waals surface area contributed by atoms with E-state index in [0.717, 1.165) is 10.6 Å². The topological polar surface area (TPSA) is 81.4 Å². The van der Waals surface area contributed by atoms with E-state index >= 15 is 0 Å². The molecule has 1 N–H and O–H groups in total. The Kier molecular flexibility index (Phi) is 3.53. The van der Waals surface area contributed by atoms with E-state index in [0.29, 0.717) is 5.78 Å². The molecule has 0 atom stereocenters. The number of carbonyl (C=O) groups is 1. The second kappa shape index (κ2) is 5.38. The average Bonchev–Trinajstić information content (AvgIpc) is 3.03. The van der Waals surface area contributed by atoms with Gasteiger partial charge in [0.1, 0.15) is 5.60 Å². The molecule has 8 heteroatoms. The van der Waals surface area contributed by atoms with Crippen molar-refractivity contribution in [1.82, 2.24) is 19.6 Å². The van der Waals surface area contributed by atoms with Crippen molar-refractivity contribution >= 4 is 29.2 Å². The van der Waals surface area contributed by atoms with Gasteiger partial charge in [-0.05, 0) is 38.3 Å². The van der Waals surface area contributed by atoms with Crippen LogP contribution in [-0.2, 0) is 4.74 Å². The predicted octanol–water partition coefficient (Wildman–Crippen LogP) is 3.20. The standard InChI is InChI=1S/C14H15N5O2S/c1-14(2,3)21-13(20)17-11-16-12-15-7-6-9(19(12)18-11)10-5-4-8-22-10/h4-8H,1-3H3,(H,17,18,20). The minimum absolute atomic E-state index is 0.158. The lowest BCUT2D eigenvalue weighted by Gasteiger charge is -2.18. The summed E-state index contributed by atoms with van der Waals surface area (Å²) in [6.45, 7) is 5.38. The molecule has 0 spiro atoms. The Morgan fingerprint density at radius 3 is 2.86 bits per heavy atom. The Morgan fingerprint density at radius 2 is 2.18 bits per heavy atom. The molecule has 22 heavy (non-hydrogen) atoms. The molecule has 0 unspecified atom stereocenters. The SMILES string of the molecule is CC(C)(C)OC(=O)Nc1nc2nccc(-c3cccs3)n2n1. The number of rotatable bonds is 2. The normalized spacial score (nSPS) is 11.6. The van der Waals surface area contributed by atoms with E-state index in [1.54, 1.807) is 42.8 Å². The smallest absolute Gasteiger partial charge is 0.414 e. The van der Waals surface area contributed by atoms with Gasteiger partial charge in [0.25, 0.3) is 11.7 Å². The van der Waals surface area contributed by atoms with Gasteiger partial charge in [0.05, 0.1) is 10.6 Å². The first-order valence-corrected chi connectivity index (χ1v) is 7.56. The minimum atomic E-state index is -0.596. The Hall–Kier alpha value is -2.48. The molecule has 0 radical (unpaired) electrons. The summed E-state index contributed by atoms with van der Waals surface area (Å²) in [5, 5.41) is 8.78. The highest BCUT2D eigenvalue weighted by molar-refractivity contribution is 7.13. The summed E-state index contributed by atoms with van der Waals surface area (Å²) in [4.78, 5) is 21.2. The molecular formula is C14H15N5O2S. The van der Waals surface area contributed by atoms with E-state index in [2.05, 4.69) is 20.4 Å². The lowest BCUT2D eigenvalue weighted by Crippen LogP contribution is -2.27. The second-order valence-electron chi connectivity index (χ2n) is 5.58. The van der Waals surface area contributed by atoms with Crippen LogP contribution in [0.5, 0.6) is 0 Å². The van der Waals surface area contributed by atoms with E-state index in [1.165, 1.54) is 0 Å². The van der Waals surface area contributed by atoms with Crippen molar-refractivity contribution in [2.24, 2.45) is 0 Å². The van der Waals surface area contributed by atoms with Gasteiger partial charge in [0.2, 0.25) is 0 Å². The lowest BCUT2D eigenvalue weighted by atomic mass is 10.2. The van der Waals surface area contributed by atoms with Crippen molar-refractivity contribution in [3.05, 3.63) is 29.8 Å². The molecule has 3 heterocycles. The fourth-order valence-electron chi connectivity index (χ4n) is 1.85. The van der Waals surface area contributed by atoms with Crippen molar-refractivity contribution in [2.75, 3.05) is 5.32 Å². The van der Waals surface area contributed by atoms with Crippen LogP contribution in [0.1, 0.15) is 20.8 Å². The molecule has 0 aromatic carbocycles. The zero-order valence-corrected chi connectivity index (χ0v) is 13.2. The van der Waals surface area contributed by atoms with Gasteiger partial charge >= 0.3 is 6.09 Å².